The van der Waals surface area contributed by atoms with E-state index in [0.29, 0.717) is 12.1 Å². The Bertz CT molecular complexity index is 182. The van der Waals surface area contributed by atoms with E-state index in [1.807, 2.05) is 0 Å². The highest BCUT2D eigenvalue weighted by molar-refractivity contribution is 4.51. The Labute approximate surface area is 131 Å². The zero-order valence-corrected chi connectivity index (χ0v) is 14.5. The average molecular weight is 304 g/mol. The highest BCUT2D eigenvalue weighted by atomic mass is 16.5. The monoisotopic (exact) mass is 304 g/mol. The van der Waals surface area contributed by atoms with Crippen LogP contribution in [0.1, 0.15) is 40.5 Å². The minimum absolute atomic E-state index is 0.528. The summed E-state index contributed by atoms with van der Waals surface area (Å²) >= 11 is 0. The van der Waals surface area contributed by atoms with E-state index < -0.39 is 0 Å². The SMILES string of the molecule is CC(C)NCCOCCCOCCCOCCNC(C)C. The van der Waals surface area contributed by atoms with Crippen molar-refractivity contribution >= 4 is 0 Å². The van der Waals surface area contributed by atoms with Crippen molar-refractivity contribution in [3.05, 3.63) is 0 Å². The summed E-state index contributed by atoms with van der Waals surface area (Å²) in [4.78, 5) is 0. The van der Waals surface area contributed by atoms with Crippen LogP contribution in [0.5, 0.6) is 0 Å². The molecule has 0 aliphatic rings. The van der Waals surface area contributed by atoms with Crippen LogP contribution in [0, 0.1) is 0 Å². The molecule has 0 aromatic heterocycles. The van der Waals surface area contributed by atoms with Gasteiger partial charge in [0.25, 0.3) is 0 Å². The van der Waals surface area contributed by atoms with Gasteiger partial charge in [-0.1, -0.05) is 27.7 Å². The van der Waals surface area contributed by atoms with Gasteiger partial charge in [-0.25, -0.2) is 0 Å². The van der Waals surface area contributed by atoms with Crippen molar-refractivity contribution < 1.29 is 14.2 Å². The van der Waals surface area contributed by atoms with Crippen LogP contribution in [0.25, 0.3) is 0 Å². The number of nitrogens with one attached hydrogen (secondary N) is 2. The van der Waals surface area contributed by atoms with Gasteiger partial charge in [0.1, 0.15) is 0 Å². The lowest BCUT2D eigenvalue weighted by atomic mass is 10.4. The second-order valence-electron chi connectivity index (χ2n) is 5.76. The molecule has 2 N–H and O–H groups in total. The quantitative estimate of drug-likeness (QED) is 0.426. The van der Waals surface area contributed by atoms with Crippen LogP contribution in [-0.2, 0) is 14.2 Å². The number of rotatable bonds is 16. The maximum Gasteiger partial charge on any atom is 0.0591 e. The third-order valence-corrected chi connectivity index (χ3v) is 2.75. The highest BCUT2D eigenvalue weighted by Gasteiger charge is 1.95. The van der Waals surface area contributed by atoms with Crippen LogP contribution in [-0.4, -0.2) is 64.8 Å². The minimum atomic E-state index is 0.528. The Morgan fingerprint density at radius 2 is 0.905 bits per heavy atom. The van der Waals surface area contributed by atoms with Gasteiger partial charge in [-0.05, 0) is 12.8 Å². The largest absolute Gasteiger partial charge is 0.381 e. The number of hydrogen-bond acceptors (Lipinski definition) is 5. The van der Waals surface area contributed by atoms with E-state index in [1.54, 1.807) is 0 Å². The lowest BCUT2D eigenvalue weighted by Gasteiger charge is -2.09. The van der Waals surface area contributed by atoms with Gasteiger partial charge in [0.2, 0.25) is 0 Å². The molecule has 0 rings (SSSR count). The van der Waals surface area contributed by atoms with Crippen molar-refractivity contribution in [1.29, 1.82) is 0 Å². The maximum absolute atomic E-state index is 5.53. The molecule has 0 amide bonds. The van der Waals surface area contributed by atoms with E-state index >= 15 is 0 Å². The molecule has 0 unspecified atom stereocenters. The molecule has 0 bridgehead atoms. The Kier molecular flexibility index (Phi) is 16.0. The predicted octanol–water partition coefficient (Wildman–Crippen LogP) is 1.81. The molecule has 0 saturated carbocycles. The van der Waals surface area contributed by atoms with Crippen molar-refractivity contribution in [1.82, 2.24) is 10.6 Å². The summed E-state index contributed by atoms with van der Waals surface area (Å²) in [5.41, 5.74) is 0. The van der Waals surface area contributed by atoms with Crippen molar-refractivity contribution in [2.75, 3.05) is 52.7 Å². The number of ether oxygens (including phenoxy) is 3. The normalized spacial score (nSPS) is 11.7. The molecule has 0 atom stereocenters. The van der Waals surface area contributed by atoms with Gasteiger partial charge in [0, 0.05) is 51.6 Å². The first kappa shape index (κ1) is 20.8. The molecular weight excluding hydrogens is 268 g/mol. The topological polar surface area (TPSA) is 51.8 Å². The third kappa shape index (κ3) is 19.8. The smallest absolute Gasteiger partial charge is 0.0591 e. The first-order valence-electron chi connectivity index (χ1n) is 8.33. The Balaban J connectivity index is 2.96. The molecule has 128 valence electrons. The van der Waals surface area contributed by atoms with Gasteiger partial charge in [-0.3, -0.25) is 0 Å². The van der Waals surface area contributed by atoms with Gasteiger partial charge in [0.15, 0.2) is 0 Å². The maximum atomic E-state index is 5.53. The van der Waals surface area contributed by atoms with Crippen molar-refractivity contribution in [2.24, 2.45) is 0 Å². The fourth-order valence-corrected chi connectivity index (χ4v) is 1.67. The summed E-state index contributed by atoms with van der Waals surface area (Å²) in [6.07, 6.45) is 1.92. The standard InChI is InChI=1S/C16H36N2O3/c1-15(2)17-7-13-20-11-5-9-19-10-6-12-21-14-8-18-16(3)4/h15-18H,5-14H2,1-4H3. The molecule has 0 heterocycles. The molecule has 0 aliphatic carbocycles. The molecule has 0 spiro atoms. The van der Waals surface area contributed by atoms with E-state index in [1.165, 1.54) is 0 Å². The van der Waals surface area contributed by atoms with Crippen molar-refractivity contribution in [2.45, 2.75) is 52.6 Å². The third-order valence-electron chi connectivity index (χ3n) is 2.75. The molecule has 0 radical (unpaired) electrons. The summed E-state index contributed by atoms with van der Waals surface area (Å²) in [6.45, 7) is 15.0. The van der Waals surface area contributed by atoms with Crippen molar-refractivity contribution in [3.63, 3.8) is 0 Å². The summed E-state index contributed by atoms with van der Waals surface area (Å²) in [6, 6.07) is 1.06. The molecule has 5 heteroatoms. The van der Waals surface area contributed by atoms with Crippen LogP contribution in [0.2, 0.25) is 0 Å². The lowest BCUT2D eigenvalue weighted by Crippen LogP contribution is -2.26. The minimum Gasteiger partial charge on any atom is -0.381 e. The highest BCUT2D eigenvalue weighted by Crippen LogP contribution is 1.89. The van der Waals surface area contributed by atoms with Gasteiger partial charge >= 0.3 is 0 Å². The van der Waals surface area contributed by atoms with Crippen LogP contribution < -0.4 is 10.6 Å². The lowest BCUT2D eigenvalue weighted by molar-refractivity contribution is 0.0639. The molecule has 0 aromatic carbocycles. The molecule has 21 heavy (non-hydrogen) atoms. The van der Waals surface area contributed by atoms with E-state index in [-0.39, 0.29) is 0 Å². The van der Waals surface area contributed by atoms with E-state index in [0.717, 1.165) is 65.6 Å². The fourth-order valence-electron chi connectivity index (χ4n) is 1.67. The van der Waals surface area contributed by atoms with Crippen LogP contribution in [0.4, 0.5) is 0 Å². The predicted molar refractivity (Wildman–Crippen MR) is 88.0 cm³/mol. The molecule has 0 aliphatic heterocycles. The summed E-state index contributed by atoms with van der Waals surface area (Å²) < 4.78 is 16.5. The van der Waals surface area contributed by atoms with Gasteiger partial charge in [-0.15, -0.1) is 0 Å². The molecule has 0 saturated heterocycles. The average Bonchev–Trinajstić information content (AvgIpc) is 2.42. The van der Waals surface area contributed by atoms with Crippen LogP contribution >= 0.6 is 0 Å². The zero-order valence-electron chi connectivity index (χ0n) is 14.5. The van der Waals surface area contributed by atoms with Gasteiger partial charge in [-0.2, -0.15) is 0 Å². The fraction of sp³-hybridized carbons (Fsp3) is 1.00. The van der Waals surface area contributed by atoms with Crippen molar-refractivity contribution in [3.8, 4) is 0 Å². The molecule has 0 fully saturated rings. The molecule has 0 aromatic rings. The van der Waals surface area contributed by atoms with Crippen LogP contribution in [0.15, 0.2) is 0 Å². The van der Waals surface area contributed by atoms with Crippen LogP contribution in [0.3, 0.4) is 0 Å². The van der Waals surface area contributed by atoms with E-state index in [2.05, 4.69) is 38.3 Å². The first-order chi connectivity index (χ1) is 10.1. The number of hydrogen-bond donors (Lipinski definition) is 2. The first-order valence-corrected chi connectivity index (χ1v) is 8.33. The second-order valence-corrected chi connectivity index (χ2v) is 5.76. The summed E-state index contributed by atoms with van der Waals surface area (Å²) in [5, 5.41) is 6.63. The molecular formula is C16H36N2O3. The Morgan fingerprint density at radius 3 is 1.24 bits per heavy atom. The summed E-state index contributed by atoms with van der Waals surface area (Å²) in [7, 11) is 0. The zero-order chi connectivity index (χ0) is 15.8. The molecule has 5 nitrogen and oxygen atoms in total. The Hall–Kier alpha value is -0.200. The Morgan fingerprint density at radius 1 is 0.571 bits per heavy atom. The van der Waals surface area contributed by atoms with Gasteiger partial charge < -0.3 is 24.8 Å². The second kappa shape index (κ2) is 16.2. The van der Waals surface area contributed by atoms with E-state index in [4.69, 9.17) is 14.2 Å². The van der Waals surface area contributed by atoms with Gasteiger partial charge in [0.05, 0.1) is 13.2 Å². The summed E-state index contributed by atoms with van der Waals surface area (Å²) in [5.74, 6) is 0. The van der Waals surface area contributed by atoms with E-state index in [9.17, 15) is 0 Å².